The first kappa shape index (κ1) is 17.7. The SMILES string of the molecule is Cl.O=C(c1ccc2c(c1)OCO2)[C@@H]1CNCC[C@H]1c1ccc(F)cc1. The summed E-state index contributed by atoms with van der Waals surface area (Å²) in [5, 5.41) is 3.30. The van der Waals surface area contributed by atoms with Crippen molar-refractivity contribution in [3.8, 4) is 11.5 Å². The molecule has 4 nitrogen and oxygen atoms in total. The smallest absolute Gasteiger partial charge is 0.231 e. The molecule has 0 spiro atoms. The van der Waals surface area contributed by atoms with Crippen molar-refractivity contribution in [3.05, 3.63) is 59.4 Å². The number of rotatable bonds is 3. The molecule has 0 saturated carbocycles. The van der Waals surface area contributed by atoms with Gasteiger partial charge in [-0.15, -0.1) is 12.4 Å². The van der Waals surface area contributed by atoms with E-state index >= 15 is 0 Å². The maximum Gasteiger partial charge on any atom is 0.231 e. The molecule has 4 rings (SSSR count). The lowest BCUT2D eigenvalue weighted by Crippen LogP contribution is -2.39. The Bertz CT molecular complexity index is 766. The molecule has 2 aromatic rings. The summed E-state index contributed by atoms with van der Waals surface area (Å²) in [6.07, 6.45) is 0.854. The van der Waals surface area contributed by atoms with Crippen molar-refractivity contribution >= 4 is 18.2 Å². The molecule has 1 N–H and O–H groups in total. The fraction of sp³-hybridized carbons (Fsp3) is 0.316. The van der Waals surface area contributed by atoms with Crippen LogP contribution in [-0.2, 0) is 0 Å². The number of halogens is 2. The van der Waals surface area contributed by atoms with Gasteiger partial charge in [-0.3, -0.25) is 4.79 Å². The number of hydrogen-bond donors (Lipinski definition) is 1. The summed E-state index contributed by atoms with van der Waals surface area (Å²) >= 11 is 0. The number of piperidine rings is 1. The van der Waals surface area contributed by atoms with Gasteiger partial charge in [0.25, 0.3) is 0 Å². The third kappa shape index (κ3) is 3.48. The predicted molar refractivity (Wildman–Crippen MR) is 94.3 cm³/mol. The Hall–Kier alpha value is -2.11. The number of ether oxygens (including phenoxy) is 2. The van der Waals surface area contributed by atoms with Crippen LogP contribution in [0.15, 0.2) is 42.5 Å². The van der Waals surface area contributed by atoms with Gasteiger partial charge in [-0.2, -0.15) is 0 Å². The normalized spacial score (nSPS) is 21.5. The number of carbonyl (C=O) groups excluding carboxylic acids is 1. The Morgan fingerprint density at radius 1 is 1.08 bits per heavy atom. The van der Waals surface area contributed by atoms with Crippen LogP contribution in [0.25, 0.3) is 0 Å². The Kier molecular flexibility index (Phi) is 5.25. The first-order valence-corrected chi connectivity index (χ1v) is 8.12. The van der Waals surface area contributed by atoms with E-state index < -0.39 is 0 Å². The number of fused-ring (bicyclic) bond motifs is 1. The lowest BCUT2D eigenvalue weighted by Gasteiger charge is -2.31. The van der Waals surface area contributed by atoms with Crippen LogP contribution in [0.1, 0.15) is 28.3 Å². The molecule has 2 aromatic carbocycles. The Balaban J connectivity index is 0.00000182. The summed E-state index contributed by atoms with van der Waals surface area (Å²) in [5.41, 5.74) is 1.64. The number of nitrogens with one attached hydrogen (secondary N) is 1. The molecule has 0 bridgehead atoms. The number of Topliss-reactive ketones (excluding diaryl/α,β-unsaturated/α-hetero) is 1. The predicted octanol–water partition coefficient (Wildman–Crippen LogP) is 3.55. The average molecular weight is 364 g/mol. The Labute approximate surface area is 151 Å². The molecule has 1 saturated heterocycles. The van der Waals surface area contributed by atoms with Gasteiger partial charge < -0.3 is 14.8 Å². The minimum Gasteiger partial charge on any atom is -0.454 e. The van der Waals surface area contributed by atoms with Gasteiger partial charge in [0.2, 0.25) is 6.79 Å². The van der Waals surface area contributed by atoms with Gasteiger partial charge in [0.05, 0.1) is 0 Å². The number of carbonyl (C=O) groups is 1. The molecule has 0 aliphatic carbocycles. The van der Waals surface area contributed by atoms with E-state index in [1.54, 1.807) is 30.3 Å². The van der Waals surface area contributed by atoms with Gasteiger partial charge in [-0.25, -0.2) is 4.39 Å². The fourth-order valence-electron chi connectivity index (χ4n) is 3.51. The van der Waals surface area contributed by atoms with E-state index in [4.69, 9.17) is 9.47 Å². The highest BCUT2D eigenvalue weighted by Gasteiger charge is 2.33. The fourth-order valence-corrected chi connectivity index (χ4v) is 3.51. The molecule has 0 aromatic heterocycles. The second-order valence-electron chi connectivity index (χ2n) is 6.19. The Morgan fingerprint density at radius 2 is 1.84 bits per heavy atom. The monoisotopic (exact) mass is 363 g/mol. The van der Waals surface area contributed by atoms with Crippen LogP contribution in [0.4, 0.5) is 4.39 Å². The van der Waals surface area contributed by atoms with Crippen molar-refractivity contribution in [2.45, 2.75) is 12.3 Å². The van der Waals surface area contributed by atoms with Crippen LogP contribution in [0.3, 0.4) is 0 Å². The zero-order chi connectivity index (χ0) is 16.5. The van der Waals surface area contributed by atoms with Crippen molar-refractivity contribution in [3.63, 3.8) is 0 Å². The van der Waals surface area contributed by atoms with E-state index in [0.29, 0.717) is 23.6 Å². The van der Waals surface area contributed by atoms with Crippen molar-refractivity contribution in [2.24, 2.45) is 5.92 Å². The molecule has 0 radical (unpaired) electrons. The van der Waals surface area contributed by atoms with Gasteiger partial charge in [0.15, 0.2) is 17.3 Å². The van der Waals surface area contributed by atoms with E-state index in [0.717, 1.165) is 18.5 Å². The van der Waals surface area contributed by atoms with Gasteiger partial charge in [0.1, 0.15) is 5.82 Å². The summed E-state index contributed by atoms with van der Waals surface area (Å²) < 4.78 is 23.9. The summed E-state index contributed by atoms with van der Waals surface area (Å²) in [7, 11) is 0. The molecule has 2 aliphatic rings. The summed E-state index contributed by atoms with van der Waals surface area (Å²) in [6.45, 7) is 1.67. The quantitative estimate of drug-likeness (QED) is 0.847. The van der Waals surface area contributed by atoms with Crippen molar-refractivity contribution in [1.82, 2.24) is 5.32 Å². The minimum absolute atomic E-state index is 0. The largest absolute Gasteiger partial charge is 0.454 e. The van der Waals surface area contributed by atoms with E-state index in [2.05, 4.69) is 5.32 Å². The maximum atomic E-state index is 13.2. The third-order valence-corrected chi connectivity index (χ3v) is 4.77. The summed E-state index contributed by atoms with van der Waals surface area (Å²) in [4.78, 5) is 13.0. The van der Waals surface area contributed by atoms with Crippen LogP contribution in [0, 0.1) is 11.7 Å². The highest BCUT2D eigenvalue weighted by atomic mass is 35.5. The zero-order valence-corrected chi connectivity index (χ0v) is 14.4. The van der Waals surface area contributed by atoms with E-state index in [1.807, 2.05) is 0 Å². The van der Waals surface area contributed by atoms with Crippen LogP contribution in [-0.4, -0.2) is 25.7 Å². The van der Waals surface area contributed by atoms with E-state index in [1.165, 1.54) is 12.1 Å². The molecular formula is C19H19ClFNO3. The first-order chi connectivity index (χ1) is 11.7. The van der Waals surface area contributed by atoms with E-state index in [9.17, 15) is 9.18 Å². The highest BCUT2D eigenvalue weighted by Crippen LogP contribution is 2.36. The first-order valence-electron chi connectivity index (χ1n) is 8.12. The van der Waals surface area contributed by atoms with Crippen LogP contribution < -0.4 is 14.8 Å². The highest BCUT2D eigenvalue weighted by molar-refractivity contribution is 5.99. The molecule has 1 fully saturated rings. The molecule has 6 heteroatoms. The molecule has 2 atom stereocenters. The second-order valence-corrected chi connectivity index (χ2v) is 6.19. The summed E-state index contributed by atoms with van der Waals surface area (Å²) in [6, 6.07) is 11.8. The van der Waals surface area contributed by atoms with Crippen molar-refractivity contribution in [2.75, 3.05) is 19.9 Å². The molecule has 0 amide bonds. The Morgan fingerprint density at radius 3 is 2.64 bits per heavy atom. The number of ketones is 1. The molecule has 132 valence electrons. The topological polar surface area (TPSA) is 47.6 Å². The second kappa shape index (κ2) is 7.42. The van der Waals surface area contributed by atoms with Crippen molar-refractivity contribution < 1.29 is 18.7 Å². The number of benzene rings is 2. The van der Waals surface area contributed by atoms with Gasteiger partial charge in [0, 0.05) is 18.0 Å². The van der Waals surface area contributed by atoms with Crippen LogP contribution in [0.2, 0.25) is 0 Å². The van der Waals surface area contributed by atoms with Gasteiger partial charge in [-0.1, -0.05) is 12.1 Å². The molecule has 25 heavy (non-hydrogen) atoms. The van der Waals surface area contributed by atoms with E-state index in [-0.39, 0.29) is 42.6 Å². The standard InChI is InChI=1S/C19H18FNO3.ClH/c20-14-4-1-12(2-5-14)15-7-8-21-10-16(15)19(22)13-3-6-17-18(9-13)24-11-23-17;/h1-6,9,15-16,21H,7-8,10-11H2;1H/t15-,16+;/m0./s1. The lowest BCUT2D eigenvalue weighted by atomic mass is 9.77. The molecule has 0 unspecified atom stereocenters. The van der Waals surface area contributed by atoms with Crippen LogP contribution in [0.5, 0.6) is 11.5 Å². The third-order valence-electron chi connectivity index (χ3n) is 4.77. The van der Waals surface area contributed by atoms with Crippen molar-refractivity contribution in [1.29, 1.82) is 0 Å². The minimum atomic E-state index is -0.258. The lowest BCUT2D eigenvalue weighted by molar-refractivity contribution is 0.0880. The molecule has 2 aliphatic heterocycles. The molecular weight excluding hydrogens is 345 g/mol. The summed E-state index contributed by atoms with van der Waals surface area (Å²) in [5.74, 6) is 1.02. The van der Waals surface area contributed by atoms with Gasteiger partial charge >= 0.3 is 0 Å². The average Bonchev–Trinajstić information content (AvgIpc) is 3.09. The number of hydrogen-bond acceptors (Lipinski definition) is 4. The molecule has 2 heterocycles. The van der Waals surface area contributed by atoms with Crippen LogP contribution >= 0.6 is 12.4 Å². The van der Waals surface area contributed by atoms with Gasteiger partial charge in [-0.05, 0) is 54.8 Å². The maximum absolute atomic E-state index is 13.2. The zero-order valence-electron chi connectivity index (χ0n) is 13.5.